The molecule has 1 heterocycles. The third-order valence-electron chi connectivity index (χ3n) is 2.72. The van der Waals surface area contributed by atoms with Gasteiger partial charge in [-0.1, -0.05) is 37.3 Å². The highest BCUT2D eigenvalue weighted by atomic mass is 16.4. The number of nitrogens with zero attached hydrogens (tertiary/aromatic N) is 2. The van der Waals surface area contributed by atoms with Crippen LogP contribution in [0.4, 0.5) is 0 Å². The van der Waals surface area contributed by atoms with Crippen LogP contribution in [0.25, 0.3) is 0 Å². The van der Waals surface area contributed by atoms with E-state index in [1.807, 2.05) is 6.92 Å². The number of aryl methyl sites for hydroxylation is 1. The monoisotopic (exact) mass is 274 g/mol. The summed E-state index contributed by atoms with van der Waals surface area (Å²) in [4.78, 5) is 27.2. The Morgan fingerprint density at radius 1 is 1.35 bits per heavy atom. The molecule has 1 unspecified atom stereocenters. The molecule has 1 aromatic carbocycles. The van der Waals surface area contributed by atoms with Crippen LogP contribution in [0.3, 0.4) is 0 Å². The number of aliphatic carboxylic acids is 1. The lowest BCUT2D eigenvalue weighted by Gasteiger charge is -2.13. The molecule has 2 aromatic rings. The van der Waals surface area contributed by atoms with Gasteiger partial charge in [-0.05, 0) is 5.56 Å². The highest BCUT2D eigenvalue weighted by Gasteiger charge is 2.24. The van der Waals surface area contributed by atoms with Gasteiger partial charge in [-0.15, -0.1) is 5.10 Å². The van der Waals surface area contributed by atoms with E-state index in [2.05, 4.69) is 20.5 Å². The summed E-state index contributed by atoms with van der Waals surface area (Å²) in [5.74, 6) is -1.27. The Hall–Kier alpha value is -2.70. The van der Waals surface area contributed by atoms with E-state index in [9.17, 15) is 14.7 Å². The van der Waals surface area contributed by atoms with Gasteiger partial charge >= 0.3 is 5.97 Å². The molecule has 7 heteroatoms. The average molecular weight is 274 g/mol. The SMILES string of the molecule is CCc1nc(C(=O)NC(C(=O)O)c2ccccc2)n[nH]1. The van der Waals surface area contributed by atoms with Gasteiger partial charge in [0.2, 0.25) is 5.82 Å². The molecule has 0 saturated carbocycles. The predicted octanol–water partition coefficient (Wildman–Crippen LogP) is 0.923. The van der Waals surface area contributed by atoms with Gasteiger partial charge in [0.15, 0.2) is 6.04 Å². The number of benzene rings is 1. The van der Waals surface area contributed by atoms with Crippen molar-refractivity contribution in [3.63, 3.8) is 0 Å². The molecule has 1 amide bonds. The van der Waals surface area contributed by atoms with Crippen molar-refractivity contribution in [1.82, 2.24) is 20.5 Å². The molecule has 1 atom stereocenters. The van der Waals surface area contributed by atoms with Gasteiger partial charge in [0, 0.05) is 6.42 Å². The molecule has 0 aliphatic carbocycles. The van der Waals surface area contributed by atoms with E-state index in [1.165, 1.54) is 0 Å². The Balaban J connectivity index is 2.16. The molecule has 0 spiro atoms. The van der Waals surface area contributed by atoms with Gasteiger partial charge in [0.05, 0.1) is 0 Å². The molecule has 104 valence electrons. The van der Waals surface area contributed by atoms with Gasteiger partial charge in [0.25, 0.3) is 5.91 Å². The minimum atomic E-state index is -1.14. The quantitative estimate of drug-likeness (QED) is 0.751. The second kappa shape index (κ2) is 5.96. The third kappa shape index (κ3) is 3.00. The van der Waals surface area contributed by atoms with E-state index in [-0.39, 0.29) is 5.82 Å². The summed E-state index contributed by atoms with van der Waals surface area (Å²) < 4.78 is 0. The van der Waals surface area contributed by atoms with Crippen molar-refractivity contribution in [3.05, 3.63) is 47.5 Å². The van der Waals surface area contributed by atoms with Gasteiger partial charge in [-0.3, -0.25) is 9.89 Å². The molecule has 0 bridgehead atoms. The lowest BCUT2D eigenvalue weighted by Crippen LogP contribution is -2.34. The van der Waals surface area contributed by atoms with Crippen molar-refractivity contribution < 1.29 is 14.7 Å². The van der Waals surface area contributed by atoms with Crippen molar-refractivity contribution in [3.8, 4) is 0 Å². The highest BCUT2D eigenvalue weighted by Crippen LogP contribution is 2.13. The first-order valence-electron chi connectivity index (χ1n) is 6.11. The maximum atomic E-state index is 11.9. The topological polar surface area (TPSA) is 108 Å². The zero-order valence-electron chi connectivity index (χ0n) is 10.8. The number of hydrogen-bond donors (Lipinski definition) is 3. The predicted molar refractivity (Wildman–Crippen MR) is 70.0 cm³/mol. The first-order chi connectivity index (χ1) is 9.61. The van der Waals surface area contributed by atoms with Gasteiger partial charge in [-0.25, -0.2) is 9.78 Å². The van der Waals surface area contributed by atoms with Crippen LogP contribution in [-0.4, -0.2) is 32.2 Å². The molecule has 7 nitrogen and oxygen atoms in total. The Morgan fingerprint density at radius 2 is 2.05 bits per heavy atom. The maximum absolute atomic E-state index is 11.9. The van der Waals surface area contributed by atoms with Crippen LogP contribution in [0.1, 0.15) is 35.0 Å². The van der Waals surface area contributed by atoms with Crippen LogP contribution in [0, 0.1) is 0 Å². The standard InChI is InChI=1S/C13H14N4O3/c1-2-9-14-11(17-16-9)12(18)15-10(13(19)20)8-6-4-3-5-7-8/h3-7,10H,2H2,1H3,(H,15,18)(H,19,20)(H,14,16,17). The minimum absolute atomic E-state index is 0.0657. The second-order valence-electron chi connectivity index (χ2n) is 4.11. The average Bonchev–Trinajstić information content (AvgIpc) is 2.94. The number of aromatic amines is 1. The molecular weight excluding hydrogens is 260 g/mol. The van der Waals surface area contributed by atoms with Gasteiger partial charge in [-0.2, -0.15) is 0 Å². The summed E-state index contributed by atoms with van der Waals surface area (Å²) in [7, 11) is 0. The smallest absolute Gasteiger partial charge is 0.330 e. The number of carboxylic acids is 1. The fraction of sp³-hybridized carbons (Fsp3) is 0.231. The number of nitrogens with one attached hydrogen (secondary N) is 2. The summed E-state index contributed by atoms with van der Waals surface area (Å²) in [6, 6.07) is 7.32. The largest absolute Gasteiger partial charge is 0.479 e. The molecule has 1 aromatic heterocycles. The Kier molecular flexibility index (Phi) is 4.09. The molecule has 0 aliphatic rings. The van der Waals surface area contributed by atoms with Crippen LogP contribution in [0.15, 0.2) is 30.3 Å². The number of rotatable bonds is 5. The Morgan fingerprint density at radius 3 is 2.60 bits per heavy atom. The number of carboxylic acid groups (broad SMARTS) is 1. The molecule has 0 fully saturated rings. The van der Waals surface area contributed by atoms with Crippen LogP contribution in [-0.2, 0) is 11.2 Å². The van der Waals surface area contributed by atoms with E-state index in [0.29, 0.717) is 17.8 Å². The molecule has 0 aliphatic heterocycles. The van der Waals surface area contributed by atoms with E-state index < -0.39 is 17.9 Å². The number of amides is 1. The summed E-state index contributed by atoms with van der Waals surface area (Å²) in [5.41, 5.74) is 0.486. The van der Waals surface area contributed by atoms with E-state index in [1.54, 1.807) is 30.3 Å². The zero-order valence-corrected chi connectivity index (χ0v) is 10.8. The Labute approximate surface area is 115 Å². The number of hydrogen-bond acceptors (Lipinski definition) is 4. The van der Waals surface area contributed by atoms with Crippen LogP contribution in [0.2, 0.25) is 0 Å². The van der Waals surface area contributed by atoms with E-state index in [4.69, 9.17) is 0 Å². The van der Waals surface area contributed by atoms with Crippen molar-refractivity contribution in [2.24, 2.45) is 0 Å². The zero-order chi connectivity index (χ0) is 14.5. The van der Waals surface area contributed by atoms with Crippen molar-refractivity contribution in [2.75, 3.05) is 0 Å². The Bertz CT molecular complexity index is 609. The molecule has 0 radical (unpaired) electrons. The van der Waals surface area contributed by atoms with Crippen LogP contribution in [0.5, 0.6) is 0 Å². The summed E-state index contributed by atoms with van der Waals surface area (Å²) in [6.45, 7) is 1.87. The van der Waals surface area contributed by atoms with E-state index >= 15 is 0 Å². The maximum Gasteiger partial charge on any atom is 0.330 e. The first kappa shape index (κ1) is 13.7. The first-order valence-corrected chi connectivity index (χ1v) is 6.11. The highest BCUT2D eigenvalue weighted by molar-refractivity contribution is 5.93. The van der Waals surface area contributed by atoms with Crippen molar-refractivity contribution in [1.29, 1.82) is 0 Å². The summed E-state index contributed by atoms with van der Waals surface area (Å²) >= 11 is 0. The lowest BCUT2D eigenvalue weighted by molar-refractivity contribution is -0.139. The second-order valence-corrected chi connectivity index (χ2v) is 4.11. The molecular formula is C13H14N4O3. The normalized spacial score (nSPS) is 11.8. The molecule has 2 rings (SSSR count). The van der Waals surface area contributed by atoms with Gasteiger partial charge in [0.1, 0.15) is 5.82 Å². The number of carbonyl (C=O) groups excluding carboxylic acids is 1. The van der Waals surface area contributed by atoms with Crippen molar-refractivity contribution >= 4 is 11.9 Å². The molecule has 20 heavy (non-hydrogen) atoms. The lowest BCUT2D eigenvalue weighted by atomic mass is 10.1. The minimum Gasteiger partial charge on any atom is -0.479 e. The number of carbonyl (C=O) groups is 2. The summed E-state index contributed by atoms with van der Waals surface area (Å²) in [5, 5.41) is 18.0. The van der Waals surface area contributed by atoms with E-state index in [0.717, 1.165) is 0 Å². The fourth-order valence-corrected chi connectivity index (χ4v) is 1.68. The fourth-order valence-electron chi connectivity index (χ4n) is 1.68. The number of H-pyrrole nitrogens is 1. The van der Waals surface area contributed by atoms with Gasteiger partial charge < -0.3 is 10.4 Å². The van der Waals surface area contributed by atoms with Crippen LogP contribution < -0.4 is 5.32 Å². The summed E-state index contributed by atoms with van der Waals surface area (Å²) in [6.07, 6.45) is 0.612. The molecule has 0 saturated heterocycles. The molecule has 3 N–H and O–H groups in total. The number of aromatic nitrogens is 3. The van der Waals surface area contributed by atoms with Crippen LogP contribution >= 0.6 is 0 Å². The third-order valence-corrected chi connectivity index (χ3v) is 2.72. The van der Waals surface area contributed by atoms with Crippen molar-refractivity contribution in [2.45, 2.75) is 19.4 Å².